The molecule has 0 radical (unpaired) electrons. The maximum atomic E-state index is 12.8. The highest BCUT2D eigenvalue weighted by molar-refractivity contribution is 5.98. The van der Waals surface area contributed by atoms with Gasteiger partial charge in [0.15, 0.2) is 0 Å². The molecule has 1 aliphatic rings. The van der Waals surface area contributed by atoms with Crippen LogP contribution in [-0.4, -0.2) is 25.2 Å². The largest absolute Gasteiger partial charge is 0.346 e. The first kappa shape index (κ1) is 15.6. The molecule has 0 aliphatic carbocycles. The Morgan fingerprint density at radius 1 is 1.40 bits per heavy atom. The minimum atomic E-state index is -0.372. The van der Waals surface area contributed by atoms with Crippen LogP contribution in [0.1, 0.15) is 41.1 Å². The van der Waals surface area contributed by atoms with E-state index in [4.69, 9.17) is 0 Å². The molecule has 1 unspecified atom stereocenters. The van der Waals surface area contributed by atoms with Gasteiger partial charge in [-0.05, 0) is 24.5 Å². The lowest BCUT2D eigenvalue weighted by Gasteiger charge is -2.16. The van der Waals surface area contributed by atoms with Gasteiger partial charge in [-0.25, -0.2) is 4.98 Å². The third-order valence-electron chi connectivity index (χ3n) is 4.82. The zero-order chi connectivity index (χ0) is 17.6. The number of aromatic nitrogens is 4. The molecule has 4 rings (SSSR count). The standard InChI is InChI=1S/C18H19N5O2/c1-3-14(17-19-10-20-22(17)2)21-18(25)13-9-23-8-7-11-5-4-6-12(15(11)23)16(13)24/h4-6,9-10,14H,3,7-8H2,1-2H3,(H,21,25). The minimum absolute atomic E-state index is 0.173. The quantitative estimate of drug-likeness (QED) is 0.783. The Morgan fingerprint density at radius 2 is 2.24 bits per heavy atom. The minimum Gasteiger partial charge on any atom is -0.346 e. The van der Waals surface area contributed by atoms with Gasteiger partial charge in [-0.15, -0.1) is 0 Å². The lowest BCUT2D eigenvalue weighted by Crippen LogP contribution is -2.33. The Morgan fingerprint density at radius 3 is 2.96 bits per heavy atom. The number of carbonyl (C=O) groups excluding carboxylic acids is 1. The monoisotopic (exact) mass is 337 g/mol. The average Bonchev–Trinajstić information content (AvgIpc) is 3.22. The Bertz CT molecular complexity index is 1030. The van der Waals surface area contributed by atoms with Crippen molar-refractivity contribution in [1.82, 2.24) is 24.6 Å². The van der Waals surface area contributed by atoms with Gasteiger partial charge in [-0.3, -0.25) is 14.3 Å². The number of para-hydroxylation sites is 1. The Labute approximate surface area is 144 Å². The maximum Gasteiger partial charge on any atom is 0.257 e. The van der Waals surface area contributed by atoms with Crippen LogP contribution in [0.5, 0.6) is 0 Å². The molecule has 1 amide bonds. The normalized spacial score (nSPS) is 14.0. The van der Waals surface area contributed by atoms with Gasteiger partial charge in [-0.1, -0.05) is 19.1 Å². The highest BCUT2D eigenvalue weighted by Gasteiger charge is 2.23. The highest BCUT2D eigenvalue weighted by Crippen LogP contribution is 2.24. The molecule has 0 bridgehead atoms. The van der Waals surface area contributed by atoms with Crippen LogP contribution in [0.2, 0.25) is 0 Å². The maximum absolute atomic E-state index is 12.8. The second kappa shape index (κ2) is 5.84. The number of nitrogens with zero attached hydrogens (tertiary/aromatic N) is 4. The second-order valence-corrected chi connectivity index (χ2v) is 6.30. The summed E-state index contributed by atoms with van der Waals surface area (Å²) >= 11 is 0. The summed E-state index contributed by atoms with van der Waals surface area (Å²) in [5, 5.41) is 7.58. The summed E-state index contributed by atoms with van der Waals surface area (Å²) in [7, 11) is 1.78. The van der Waals surface area contributed by atoms with Crippen molar-refractivity contribution in [2.75, 3.05) is 0 Å². The summed E-state index contributed by atoms with van der Waals surface area (Å²) in [6, 6.07) is 5.41. The molecule has 0 fully saturated rings. The molecule has 2 aromatic heterocycles. The summed E-state index contributed by atoms with van der Waals surface area (Å²) < 4.78 is 3.64. The fourth-order valence-electron chi connectivity index (χ4n) is 3.52. The Hall–Kier alpha value is -2.96. The van der Waals surface area contributed by atoms with Crippen molar-refractivity contribution in [2.45, 2.75) is 32.4 Å². The summed E-state index contributed by atoms with van der Waals surface area (Å²) in [5.74, 6) is 0.298. The zero-order valence-corrected chi connectivity index (χ0v) is 14.2. The first-order valence-electron chi connectivity index (χ1n) is 8.40. The van der Waals surface area contributed by atoms with Gasteiger partial charge >= 0.3 is 0 Å². The molecule has 25 heavy (non-hydrogen) atoms. The van der Waals surface area contributed by atoms with Gasteiger partial charge in [0, 0.05) is 25.2 Å². The molecule has 3 aromatic rings. The molecular weight excluding hydrogens is 318 g/mol. The van der Waals surface area contributed by atoms with Crippen LogP contribution in [0.15, 0.2) is 35.5 Å². The van der Waals surface area contributed by atoms with E-state index in [2.05, 4.69) is 15.4 Å². The van der Waals surface area contributed by atoms with E-state index in [1.54, 1.807) is 24.0 Å². The summed E-state index contributed by atoms with van der Waals surface area (Å²) in [6.45, 7) is 2.75. The van der Waals surface area contributed by atoms with Crippen molar-refractivity contribution in [3.05, 3.63) is 57.9 Å². The molecule has 0 saturated heterocycles. The second-order valence-electron chi connectivity index (χ2n) is 6.30. The van der Waals surface area contributed by atoms with E-state index in [-0.39, 0.29) is 22.9 Å². The van der Waals surface area contributed by atoms with Crippen molar-refractivity contribution in [3.8, 4) is 0 Å². The number of benzene rings is 1. The number of aryl methyl sites for hydroxylation is 3. The predicted molar refractivity (Wildman–Crippen MR) is 93.4 cm³/mol. The van der Waals surface area contributed by atoms with Crippen LogP contribution >= 0.6 is 0 Å². The van der Waals surface area contributed by atoms with E-state index in [0.717, 1.165) is 24.0 Å². The summed E-state index contributed by atoms with van der Waals surface area (Å²) in [6.07, 6.45) is 4.68. The number of hydrogen-bond donors (Lipinski definition) is 1. The smallest absolute Gasteiger partial charge is 0.257 e. The van der Waals surface area contributed by atoms with E-state index >= 15 is 0 Å². The van der Waals surface area contributed by atoms with Crippen LogP contribution in [0.4, 0.5) is 0 Å². The Kier molecular flexibility index (Phi) is 3.63. The van der Waals surface area contributed by atoms with Gasteiger partial charge < -0.3 is 9.88 Å². The molecule has 1 atom stereocenters. The third kappa shape index (κ3) is 2.43. The number of hydrogen-bond acceptors (Lipinski definition) is 4. The lowest BCUT2D eigenvalue weighted by molar-refractivity contribution is 0.0931. The van der Waals surface area contributed by atoms with Gasteiger partial charge in [0.25, 0.3) is 5.91 Å². The van der Waals surface area contributed by atoms with Crippen LogP contribution in [-0.2, 0) is 20.0 Å². The zero-order valence-electron chi connectivity index (χ0n) is 14.2. The molecule has 0 spiro atoms. The van der Waals surface area contributed by atoms with Gasteiger partial charge in [0.2, 0.25) is 5.43 Å². The van der Waals surface area contributed by atoms with Crippen LogP contribution in [0.25, 0.3) is 10.9 Å². The van der Waals surface area contributed by atoms with E-state index in [1.807, 2.05) is 23.6 Å². The van der Waals surface area contributed by atoms with E-state index in [1.165, 1.54) is 6.33 Å². The third-order valence-corrected chi connectivity index (χ3v) is 4.82. The van der Waals surface area contributed by atoms with Crippen molar-refractivity contribution in [3.63, 3.8) is 0 Å². The molecule has 3 heterocycles. The number of amides is 1. The number of carbonyl (C=O) groups is 1. The lowest BCUT2D eigenvalue weighted by atomic mass is 10.1. The molecule has 7 heteroatoms. The van der Waals surface area contributed by atoms with Crippen LogP contribution in [0.3, 0.4) is 0 Å². The van der Waals surface area contributed by atoms with Gasteiger partial charge in [-0.2, -0.15) is 5.10 Å². The molecule has 128 valence electrons. The predicted octanol–water partition coefficient (Wildman–Crippen LogP) is 1.57. The summed E-state index contributed by atoms with van der Waals surface area (Å²) in [5.41, 5.74) is 2.06. The first-order valence-corrected chi connectivity index (χ1v) is 8.40. The van der Waals surface area contributed by atoms with Crippen molar-refractivity contribution in [2.24, 2.45) is 7.05 Å². The van der Waals surface area contributed by atoms with Crippen LogP contribution in [0, 0.1) is 0 Å². The van der Waals surface area contributed by atoms with Gasteiger partial charge in [0.1, 0.15) is 17.7 Å². The van der Waals surface area contributed by atoms with E-state index in [9.17, 15) is 9.59 Å². The molecular formula is C18H19N5O2. The number of rotatable bonds is 4. The van der Waals surface area contributed by atoms with Crippen LogP contribution < -0.4 is 10.7 Å². The molecule has 1 aliphatic heterocycles. The fraction of sp³-hybridized carbons (Fsp3) is 0.333. The van der Waals surface area contributed by atoms with E-state index in [0.29, 0.717) is 17.6 Å². The topological polar surface area (TPSA) is 81.8 Å². The molecule has 1 aromatic carbocycles. The van der Waals surface area contributed by atoms with Crippen molar-refractivity contribution >= 4 is 16.8 Å². The molecule has 7 nitrogen and oxygen atoms in total. The van der Waals surface area contributed by atoms with Gasteiger partial charge in [0.05, 0.1) is 11.6 Å². The summed E-state index contributed by atoms with van der Waals surface area (Å²) in [4.78, 5) is 29.8. The highest BCUT2D eigenvalue weighted by atomic mass is 16.2. The SMILES string of the molecule is CCC(NC(=O)c1cn2c3c(cccc3c1=O)CC2)c1ncnn1C. The van der Waals surface area contributed by atoms with Crippen molar-refractivity contribution in [1.29, 1.82) is 0 Å². The van der Waals surface area contributed by atoms with E-state index < -0.39 is 0 Å². The molecule has 0 saturated carbocycles. The number of nitrogens with one attached hydrogen (secondary N) is 1. The first-order chi connectivity index (χ1) is 12.1. The Balaban J connectivity index is 1.73. The average molecular weight is 337 g/mol. The van der Waals surface area contributed by atoms with Crippen molar-refractivity contribution < 1.29 is 4.79 Å². The number of pyridine rings is 1. The molecule has 1 N–H and O–H groups in total. The fourth-order valence-corrected chi connectivity index (χ4v) is 3.52.